The third-order valence-corrected chi connectivity index (χ3v) is 15.5. The van der Waals surface area contributed by atoms with Gasteiger partial charge in [0.25, 0.3) is 0 Å². The summed E-state index contributed by atoms with van der Waals surface area (Å²) in [5.41, 5.74) is 0. The lowest BCUT2D eigenvalue weighted by Crippen LogP contribution is -2.44. The minimum absolute atomic E-state index is 0.148. The van der Waals surface area contributed by atoms with Crippen molar-refractivity contribution >= 4 is 17.9 Å². The number of quaternary nitrogens is 1. The van der Waals surface area contributed by atoms with Crippen molar-refractivity contribution in [2.24, 2.45) is 0 Å². The molecule has 0 bridgehead atoms. The Kier molecular flexibility index (Phi) is 61.6. The Bertz CT molecular complexity index is 1530. The van der Waals surface area contributed by atoms with Crippen LogP contribution in [0.3, 0.4) is 0 Å². The van der Waals surface area contributed by atoms with E-state index in [1.54, 1.807) is 0 Å². The zero-order valence-electron chi connectivity index (χ0n) is 54.6. The van der Waals surface area contributed by atoms with E-state index in [4.69, 9.17) is 18.9 Å². The van der Waals surface area contributed by atoms with Crippen molar-refractivity contribution in [1.29, 1.82) is 0 Å². The van der Waals surface area contributed by atoms with Crippen LogP contribution in [0.15, 0.2) is 60.8 Å². The third kappa shape index (κ3) is 64.5. The van der Waals surface area contributed by atoms with Gasteiger partial charge in [0.1, 0.15) is 13.2 Å². The summed E-state index contributed by atoms with van der Waals surface area (Å²) in [6.45, 7) is 4.69. The van der Waals surface area contributed by atoms with Crippen LogP contribution in [0, 0.1) is 0 Å². The molecule has 9 heteroatoms. The van der Waals surface area contributed by atoms with Gasteiger partial charge in [-0.05, 0) is 57.8 Å². The van der Waals surface area contributed by atoms with Crippen molar-refractivity contribution in [3.63, 3.8) is 0 Å². The monoisotopic (exact) mass is 1150 g/mol. The number of ether oxygens (including phenoxy) is 4. The Morgan fingerprint density at radius 2 is 0.695 bits per heavy atom. The predicted molar refractivity (Wildman–Crippen MR) is 348 cm³/mol. The molecule has 0 saturated carbocycles. The fourth-order valence-electron chi connectivity index (χ4n) is 10.2. The van der Waals surface area contributed by atoms with Gasteiger partial charge >= 0.3 is 11.9 Å². The topological polar surface area (TPSA) is 111 Å². The number of carbonyl (C=O) groups excluding carboxylic acids is 3. The fraction of sp³-hybridized carbons (Fsp3) is 0.822. The van der Waals surface area contributed by atoms with E-state index in [0.717, 1.165) is 70.6 Å². The second kappa shape index (κ2) is 64.0. The number of allylic oxidation sites excluding steroid dienone is 10. The molecule has 0 aliphatic rings. The van der Waals surface area contributed by atoms with Gasteiger partial charge in [-0.1, -0.05) is 319 Å². The molecule has 0 spiro atoms. The number of hydrogen-bond acceptors (Lipinski definition) is 8. The summed E-state index contributed by atoms with van der Waals surface area (Å²) >= 11 is 0. The van der Waals surface area contributed by atoms with Crippen LogP contribution in [0.1, 0.15) is 328 Å². The first-order valence-corrected chi connectivity index (χ1v) is 34.9. The van der Waals surface area contributed by atoms with Gasteiger partial charge in [-0.2, -0.15) is 0 Å². The molecule has 82 heavy (non-hydrogen) atoms. The van der Waals surface area contributed by atoms with Crippen LogP contribution in [0.4, 0.5) is 0 Å². The number of carboxylic acids is 1. The average molecular weight is 1150 g/mol. The van der Waals surface area contributed by atoms with Crippen LogP contribution >= 0.6 is 0 Å². The lowest BCUT2D eigenvalue weighted by molar-refractivity contribution is -0.870. The Balaban J connectivity index is 4.09. The zero-order chi connectivity index (χ0) is 59.8. The number of esters is 2. The first kappa shape index (κ1) is 79.0. The smallest absolute Gasteiger partial charge is 0.306 e. The van der Waals surface area contributed by atoms with E-state index in [1.807, 2.05) is 21.1 Å². The van der Waals surface area contributed by atoms with Crippen LogP contribution in [-0.2, 0) is 33.3 Å². The van der Waals surface area contributed by atoms with Gasteiger partial charge in [-0.3, -0.25) is 9.59 Å². The largest absolute Gasteiger partial charge is 0.545 e. The van der Waals surface area contributed by atoms with Crippen LogP contribution < -0.4 is 5.11 Å². The van der Waals surface area contributed by atoms with Crippen molar-refractivity contribution < 1.29 is 42.9 Å². The standard InChI is InChI=1S/C73H133NO8/c1-6-8-10-12-14-16-18-20-22-24-26-28-30-32-34-36-38-40-42-44-46-48-50-52-54-56-58-60-62-64-71(76)82-69(68-81-73(72(77)78)79-66-65-74(3,4)5)67-80-70(75)63-61-59-57-55-53-51-49-47-45-43-41-39-37-35-33-31-29-27-25-23-21-19-17-15-13-11-9-7-2/h8,10,14,16,20,22,26,28,32,34,69,73H,6-7,9,11-13,15,17-19,21,23-25,27,29-31,33,35-68H2,1-5H3/b10-8-,16-14-,22-20-,28-26-,34-32-. The lowest BCUT2D eigenvalue weighted by Gasteiger charge is -2.26. The molecule has 0 aliphatic heterocycles. The minimum atomic E-state index is -1.62. The molecule has 0 saturated heterocycles. The Morgan fingerprint density at radius 1 is 0.378 bits per heavy atom. The fourth-order valence-corrected chi connectivity index (χ4v) is 10.2. The van der Waals surface area contributed by atoms with Crippen LogP contribution in [0.5, 0.6) is 0 Å². The molecule has 0 amide bonds. The maximum absolute atomic E-state index is 12.9. The summed E-state index contributed by atoms with van der Waals surface area (Å²) in [5, 5.41) is 11.8. The average Bonchev–Trinajstić information content (AvgIpc) is 3.47. The van der Waals surface area contributed by atoms with E-state index in [0.29, 0.717) is 23.9 Å². The summed E-state index contributed by atoms with van der Waals surface area (Å²) in [4.78, 5) is 37.5. The number of hydrogen-bond donors (Lipinski definition) is 0. The summed E-state index contributed by atoms with van der Waals surface area (Å²) < 4.78 is 22.8. The van der Waals surface area contributed by atoms with Gasteiger partial charge in [0.05, 0.1) is 40.3 Å². The van der Waals surface area contributed by atoms with Gasteiger partial charge in [0.15, 0.2) is 12.4 Å². The summed E-state index contributed by atoms with van der Waals surface area (Å²) in [6.07, 6.45) is 80.2. The maximum Gasteiger partial charge on any atom is 0.306 e. The molecule has 0 aromatic rings. The van der Waals surface area contributed by atoms with Crippen LogP contribution in [0.25, 0.3) is 0 Å². The van der Waals surface area contributed by atoms with Crippen molar-refractivity contribution in [3.05, 3.63) is 60.8 Å². The minimum Gasteiger partial charge on any atom is -0.545 e. The molecule has 9 nitrogen and oxygen atoms in total. The zero-order valence-corrected chi connectivity index (χ0v) is 54.6. The molecule has 0 aromatic heterocycles. The number of aliphatic carboxylic acids is 1. The van der Waals surface area contributed by atoms with Crippen molar-refractivity contribution in [2.75, 3.05) is 47.5 Å². The first-order valence-electron chi connectivity index (χ1n) is 34.9. The Morgan fingerprint density at radius 3 is 1.04 bits per heavy atom. The van der Waals surface area contributed by atoms with E-state index < -0.39 is 24.3 Å². The number of carbonyl (C=O) groups is 3. The van der Waals surface area contributed by atoms with E-state index in [-0.39, 0.29) is 32.2 Å². The Hall–Kier alpha value is -3.01. The SMILES string of the molecule is CC/C=C\C/C=C\C/C=C\C/C=C\C/C=C\CCCCCCCCCCCCCCCC(=O)OC(COC(=O)CCCCCCCCCCCCCCCCCCCCCCCCCCCCCC)COC(OCC[N+](C)(C)C)C(=O)[O-]. The molecule has 2 unspecified atom stereocenters. The van der Waals surface area contributed by atoms with Gasteiger partial charge < -0.3 is 33.3 Å². The molecule has 2 atom stereocenters. The highest BCUT2D eigenvalue weighted by atomic mass is 16.7. The van der Waals surface area contributed by atoms with Gasteiger partial charge in [0, 0.05) is 12.8 Å². The summed E-state index contributed by atoms with van der Waals surface area (Å²) in [6, 6.07) is 0. The van der Waals surface area contributed by atoms with Gasteiger partial charge in [0.2, 0.25) is 0 Å². The highest BCUT2D eigenvalue weighted by molar-refractivity contribution is 5.70. The van der Waals surface area contributed by atoms with E-state index in [1.165, 1.54) is 225 Å². The molecule has 478 valence electrons. The second-order valence-electron chi connectivity index (χ2n) is 24.8. The second-order valence-corrected chi connectivity index (χ2v) is 24.8. The quantitative estimate of drug-likeness (QED) is 0.0195. The van der Waals surface area contributed by atoms with Crippen LogP contribution in [0.2, 0.25) is 0 Å². The number of carboxylic acid groups (broad SMARTS) is 1. The van der Waals surface area contributed by atoms with Crippen LogP contribution in [-0.4, -0.2) is 82.3 Å². The molecular weight excluding hydrogens is 1020 g/mol. The number of nitrogens with zero attached hydrogens (tertiary/aromatic N) is 1. The number of rotatable bonds is 65. The normalized spacial score (nSPS) is 13.0. The highest BCUT2D eigenvalue weighted by Gasteiger charge is 2.22. The highest BCUT2D eigenvalue weighted by Crippen LogP contribution is 2.18. The Labute approximate surface area is 507 Å². The molecule has 0 rings (SSSR count). The first-order chi connectivity index (χ1) is 40.1. The molecular formula is C73H133NO8. The van der Waals surface area contributed by atoms with Crippen molar-refractivity contribution in [3.8, 4) is 0 Å². The van der Waals surface area contributed by atoms with Gasteiger partial charge in [-0.15, -0.1) is 0 Å². The van der Waals surface area contributed by atoms with Gasteiger partial charge in [-0.25, -0.2) is 0 Å². The van der Waals surface area contributed by atoms with E-state index in [9.17, 15) is 19.5 Å². The number of unbranched alkanes of at least 4 members (excludes halogenated alkanes) is 40. The lowest BCUT2D eigenvalue weighted by atomic mass is 10.0. The summed E-state index contributed by atoms with van der Waals surface area (Å²) in [7, 11) is 5.94. The molecule has 0 heterocycles. The molecule has 0 radical (unpaired) electrons. The van der Waals surface area contributed by atoms with Crippen molar-refractivity contribution in [1.82, 2.24) is 0 Å². The van der Waals surface area contributed by atoms with Crippen molar-refractivity contribution in [2.45, 2.75) is 341 Å². The van der Waals surface area contributed by atoms with E-state index in [2.05, 4.69) is 74.6 Å². The number of likely N-dealkylation sites (N-methyl/N-ethyl adjacent to an activating group) is 1. The molecule has 0 N–H and O–H groups in total. The molecule has 0 aliphatic carbocycles. The maximum atomic E-state index is 12.9. The predicted octanol–water partition coefficient (Wildman–Crippen LogP) is 20.2. The van der Waals surface area contributed by atoms with E-state index >= 15 is 0 Å². The molecule has 0 fully saturated rings. The summed E-state index contributed by atoms with van der Waals surface area (Å²) in [5.74, 6) is -2.26. The molecule has 0 aromatic carbocycles. The third-order valence-electron chi connectivity index (χ3n) is 15.5.